The third-order valence-corrected chi connectivity index (χ3v) is 6.40. The molecule has 0 unspecified atom stereocenters. The Morgan fingerprint density at radius 1 is 1.30 bits per heavy atom. The Bertz CT molecular complexity index is 666. The van der Waals surface area contributed by atoms with Crippen molar-refractivity contribution in [2.75, 3.05) is 37.8 Å². The highest BCUT2D eigenvalue weighted by Crippen LogP contribution is 2.17. The molecule has 0 bridgehead atoms. The second-order valence-corrected chi connectivity index (χ2v) is 8.55. The monoisotopic (exact) mass is 356 g/mol. The molecule has 2 aliphatic heterocycles. The van der Waals surface area contributed by atoms with Gasteiger partial charge in [-0.15, -0.1) is 0 Å². The SMILES string of the molecule is O=C(c1cccc(S(=O)(=O)N[C@@H]2CCOC2)c1)N1CCSCC1. The van der Waals surface area contributed by atoms with E-state index in [9.17, 15) is 13.2 Å². The molecule has 1 amide bonds. The largest absolute Gasteiger partial charge is 0.380 e. The maximum absolute atomic E-state index is 12.5. The number of carbonyl (C=O) groups is 1. The fraction of sp³-hybridized carbons (Fsp3) is 0.533. The number of benzene rings is 1. The third kappa shape index (κ3) is 4.06. The summed E-state index contributed by atoms with van der Waals surface area (Å²) in [4.78, 5) is 14.4. The maximum Gasteiger partial charge on any atom is 0.253 e. The fourth-order valence-corrected chi connectivity index (χ4v) is 4.86. The van der Waals surface area contributed by atoms with Gasteiger partial charge >= 0.3 is 0 Å². The molecule has 6 nitrogen and oxygen atoms in total. The van der Waals surface area contributed by atoms with Crippen molar-refractivity contribution in [3.8, 4) is 0 Å². The van der Waals surface area contributed by atoms with Gasteiger partial charge in [0.15, 0.2) is 0 Å². The molecule has 1 aromatic carbocycles. The highest BCUT2D eigenvalue weighted by molar-refractivity contribution is 7.99. The Morgan fingerprint density at radius 2 is 2.09 bits per heavy atom. The molecule has 2 heterocycles. The van der Waals surface area contributed by atoms with E-state index in [2.05, 4.69) is 4.72 Å². The number of carbonyl (C=O) groups excluding carboxylic acids is 1. The normalized spacial score (nSPS) is 22.3. The number of hydrogen-bond acceptors (Lipinski definition) is 5. The summed E-state index contributed by atoms with van der Waals surface area (Å²) in [6.45, 7) is 2.37. The highest BCUT2D eigenvalue weighted by atomic mass is 32.2. The molecule has 1 N–H and O–H groups in total. The summed E-state index contributed by atoms with van der Waals surface area (Å²) in [5.74, 6) is 1.74. The first-order valence-corrected chi connectivity index (χ1v) is 10.3. The van der Waals surface area contributed by atoms with Gasteiger partial charge in [0.25, 0.3) is 5.91 Å². The summed E-state index contributed by atoms with van der Waals surface area (Å²) in [5, 5.41) is 0. The van der Waals surface area contributed by atoms with Gasteiger partial charge in [-0.25, -0.2) is 13.1 Å². The van der Waals surface area contributed by atoms with Crippen LogP contribution in [0.3, 0.4) is 0 Å². The van der Waals surface area contributed by atoms with Crippen LogP contribution >= 0.6 is 11.8 Å². The van der Waals surface area contributed by atoms with Crippen LogP contribution in [0.2, 0.25) is 0 Å². The second-order valence-electron chi connectivity index (χ2n) is 5.61. The number of amides is 1. The van der Waals surface area contributed by atoms with Crippen molar-refractivity contribution in [2.24, 2.45) is 0 Å². The van der Waals surface area contributed by atoms with Crippen molar-refractivity contribution in [3.63, 3.8) is 0 Å². The smallest absolute Gasteiger partial charge is 0.253 e. The average Bonchev–Trinajstić information content (AvgIpc) is 3.07. The van der Waals surface area contributed by atoms with Crippen molar-refractivity contribution >= 4 is 27.7 Å². The zero-order chi connectivity index (χ0) is 16.3. The molecule has 0 radical (unpaired) electrons. The van der Waals surface area contributed by atoms with Crippen LogP contribution in [0, 0.1) is 0 Å². The van der Waals surface area contributed by atoms with E-state index in [0.717, 1.165) is 11.5 Å². The molecule has 2 saturated heterocycles. The van der Waals surface area contributed by atoms with Gasteiger partial charge in [-0.3, -0.25) is 4.79 Å². The van der Waals surface area contributed by atoms with Crippen molar-refractivity contribution in [3.05, 3.63) is 29.8 Å². The van der Waals surface area contributed by atoms with Gasteiger partial charge in [0.05, 0.1) is 11.5 Å². The molecule has 0 saturated carbocycles. The van der Waals surface area contributed by atoms with E-state index >= 15 is 0 Å². The van der Waals surface area contributed by atoms with Crippen LogP contribution in [0.5, 0.6) is 0 Å². The quantitative estimate of drug-likeness (QED) is 0.869. The minimum atomic E-state index is -3.64. The van der Waals surface area contributed by atoms with E-state index in [4.69, 9.17) is 4.74 Å². The summed E-state index contributed by atoms with van der Waals surface area (Å²) in [6, 6.07) is 6.06. The Balaban J connectivity index is 1.77. The molecular formula is C15H20N2O4S2. The topological polar surface area (TPSA) is 75.7 Å². The Hall–Kier alpha value is -1.09. The highest BCUT2D eigenvalue weighted by Gasteiger charge is 2.25. The molecule has 2 aliphatic rings. The summed E-state index contributed by atoms with van der Waals surface area (Å²) < 4.78 is 32.7. The zero-order valence-electron chi connectivity index (χ0n) is 12.7. The molecule has 0 spiro atoms. The zero-order valence-corrected chi connectivity index (χ0v) is 14.4. The standard InChI is InChI=1S/C15H20N2O4S2/c18-15(17-5-8-22-9-6-17)12-2-1-3-14(10-12)23(19,20)16-13-4-7-21-11-13/h1-3,10,13,16H,4-9,11H2/t13-/m1/s1. The number of nitrogens with one attached hydrogen (secondary N) is 1. The van der Waals surface area contributed by atoms with Crippen molar-refractivity contribution in [1.29, 1.82) is 0 Å². The molecule has 2 fully saturated rings. The van der Waals surface area contributed by atoms with Crippen LogP contribution in [0.1, 0.15) is 16.8 Å². The lowest BCUT2D eigenvalue weighted by Crippen LogP contribution is -2.38. The van der Waals surface area contributed by atoms with Gasteiger partial charge in [0, 0.05) is 42.8 Å². The average molecular weight is 356 g/mol. The number of ether oxygens (including phenoxy) is 1. The van der Waals surface area contributed by atoms with Crippen molar-refractivity contribution in [1.82, 2.24) is 9.62 Å². The second kappa shape index (κ2) is 7.21. The van der Waals surface area contributed by atoms with E-state index < -0.39 is 10.0 Å². The molecule has 1 atom stereocenters. The molecule has 126 valence electrons. The fourth-order valence-electron chi connectivity index (χ4n) is 2.66. The Kier molecular flexibility index (Phi) is 5.25. The number of sulfonamides is 1. The van der Waals surface area contributed by atoms with Crippen LogP contribution in [0.4, 0.5) is 0 Å². The van der Waals surface area contributed by atoms with E-state index in [1.54, 1.807) is 17.0 Å². The molecule has 0 aromatic heterocycles. The maximum atomic E-state index is 12.5. The van der Waals surface area contributed by atoms with E-state index in [-0.39, 0.29) is 16.8 Å². The number of hydrogen-bond donors (Lipinski definition) is 1. The summed E-state index contributed by atoms with van der Waals surface area (Å²) >= 11 is 1.82. The lowest BCUT2D eigenvalue weighted by atomic mass is 10.2. The first-order valence-electron chi connectivity index (χ1n) is 7.63. The number of thioether (sulfide) groups is 1. The molecule has 8 heteroatoms. The van der Waals surface area contributed by atoms with Gasteiger partial charge < -0.3 is 9.64 Å². The first kappa shape index (κ1) is 16.8. The van der Waals surface area contributed by atoms with Gasteiger partial charge in [-0.05, 0) is 24.6 Å². The van der Waals surface area contributed by atoms with Gasteiger partial charge in [0.2, 0.25) is 10.0 Å². The summed E-state index contributed by atoms with van der Waals surface area (Å²) in [5.41, 5.74) is 0.419. The predicted molar refractivity (Wildman–Crippen MR) is 89.2 cm³/mol. The molecule has 0 aliphatic carbocycles. The lowest BCUT2D eigenvalue weighted by Gasteiger charge is -2.26. The number of rotatable bonds is 4. The molecular weight excluding hydrogens is 336 g/mol. The molecule has 23 heavy (non-hydrogen) atoms. The van der Waals surface area contributed by atoms with E-state index in [0.29, 0.717) is 38.3 Å². The summed E-state index contributed by atoms with van der Waals surface area (Å²) in [7, 11) is -3.64. The van der Waals surface area contributed by atoms with E-state index in [1.807, 2.05) is 11.8 Å². The minimum Gasteiger partial charge on any atom is -0.380 e. The molecule has 3 rings (SSSR count). The lowest BCUT2D eigenvalue weighted by molar-refractivity contribution is 0.0772. The van der Waals surface area contributed by atoms with Crippen LogP contribution in [0.15, 0.2) is 29.2 Å². The Labute approximate surface area is 140 Å². The summed E-state index contributed by atoms with van der Waals surface area (Å²) in [6.07, 6.45) is 0.670. The van der Waals surface area contributed by atoms with Crippen molar-refractivity contribution in [2.45, 2.75) is 17.4 Å². The Morgan fingerprint density at radius 3 is 2.78 bits per heavy atom. The van der Waals surface area contributed by atoms with Crippen molar-refractivity contribution < 1.29 is 17.9 Å². The minimum absolute atomic E-state index is 0.105. The van der Waals surface area contributed by atoms with Gasteiger partial charge in [-0.2, -0.15) is 11.8 Å². The third-order valence-electron chi connectivity index (χ3n) is 3.94. The molecule has 1 aromatic rings. The predicted octanol–water partition coefficient (Wildman–Crippen LogP) is 0.943. The van der Waals surface area contributed by atoms with Crippen LogP contribution < -0.4 is 4.72 Å². The number of nitrogens with zero attached hydrogens (tertiary/aromatic N) is 1. The van der Waals surface area contributed by atoms with Crippen LogP contribution in [-0.2, 0) is 14.8 Å². The van der Waals surface area contributed by atoms with Gasteiger partial charge in [0.1, 0.15) is 0 Å². The van der Waals surface area contributed by atoms with Crippen LogP contribution in [-0.4, -0.2) is 63.1 Å². The van der Waals surface area contributed by atoms with Gasteiger partial charge in [-0.1, -0.05) is 6.07 Å². The first-order chi connectivity index (χ1) is 11.1. The van der Waals surface area contributed by atoms with E-state index in [1.165, 1.54) is 12.1 Å². The van der Waals surface area contributed by atoms with Crippen LogP contribution in [0.25, 0.3) is 0 Å².